The van der Waals surface area contributed by atoms with Crippen molar-refractivity contribution < 1.29 is 24.3 Å². The summed E-state index contributed by atoms with van der Waals surface area (Å²) in [4.78, 5) is 26.6. The highest BCUT2D eigenvalue weighted by molar-refractivity contribution is 5.93. The van der Waals surface area contributed by atoms with Gasteiger partial charge < -0.3 is 14.4 Å². The van der Waals surface area contributed by atoms with Gasteiger partial charge in [-0.25, -0.2) is 5.48 Å². The van der Waals surface area contributed by atoms with Gasteiger partial charge in [-0.1, -0.05) is 13.0 Å². The van der Waals surface area contributed by atoms with E-state index in [0.717, 1.165) is 18.4 Å². The molecular formula is C18H24N2O5. The van der Waals surface area contributed by atoms with Gasteiger partial charge in [-0.2, -0.15) is 0 Å². The number of hydrogen-bond donors (Lipinski definition) is 2. The number of benzene rings is 1. The Morgan fingerprint density at radius 2 is 2.04 bits per heavy atom. The van der Waals surface area contributed by atoms with E-state index in [-0.39, 0.29) is 11.9 Å². The third-order valence-electron chi connectivity index (χ3n) is 5.16. The second-order valence-corrected chi connectivity index (χ2v) is 7.03. The molecule has 3 rings (SSSR count). The lowest BCUT2D eigenvalue weighted by Gasteiger charge is -2.38. The second kappa shape index (κ2) is 7.01. The highest BCUT2D eigenvalue weighted by atomic mass is 16.5. The van der Waals surface area contributed by atoms with Crippen LogP contribution in [0.25, 0.3) is 0 Å². The molecule has 2 heterocycles. The van der Waals surface area contributed by atoms with Gasteiger partial charge in [0.1, 0.15) is 12.4 Å². The average Bonchev–Trinajstić information content (AvgIpc) is 2.79. The normalized spacial score (nSPS) is 22.4. The van der Waals surface area contributed by atoms with Crippen molar-refractivity contribution in [3.63, 3.8) is 0 Å². The number of ether oxygens (including phenoxy) is 2. The summed E-state index contributed by atoms with van der Waals surface area (Å²) < 4.78 is 11.2. The number of rotatable bonds is 2. The number of fused-ring (bicyclic) bond motifs is 1. The van der Waals surface area contributed by atoms with Gasteiger partial charge in [-0.3, -0.25) is 14.8 Å². The van der Waals surface area contributed by atoms with Crippen LogP contribution in [0.1, 0.15) is 42.6 Å². The summed E-state index contributed by atoms with van der Waals surface area (Å²) in [5, 5.41) is 8.77. The highest BCUT2D eigenvalue weighted by Gasteiger charge is 2.40. The molecule has 2 aliphatic heterocycles. The first-order chi connectivity index (χ1) is 11.9. The number of carbonyl (C=O) groups is 2. The van der Waals surface area contributed by atoms with Crippen LogP contribution in [0.2, 0.25) is 0 Å². The van der Waals surface area contributed by atoms with Crippen LogP contribution in [0.3, 0.4) is 0 Å². The number of hydroxylamine groups is 1. The molecule has 0 radical (unpaired) electrons. The lowest BCUT2D eigenvalue weighted by molar-refractivity contribution is -0.149. The summed E-state index contributed by atoms with van der Waals surface area (Å²) in [5.74, 6) is 0.101. The molecular weight excluding hydrogens is 324 g/mol. The molecule has 1 atom stereocenters. The fraction of sp³-hybridized carbons (Fsp3) is 0.556. The Kier molecular flexibility index (Phi) is 4.96. The zero-order chi connectivity index (χ0) is 18.0. The minimum absolute atomic E-state index is 0.0744. The Bertz CT molecular complexity index is 669. The molecule has 2 N–H and O–H groups in total. The SMILES string of the molecule is C[C@H]1COc2cc(C(=O)NO)ccc2CN1C(=O)C1(C)CCOCC1. The van der Waals surface area contributed by atoms with Crippen LogP contribution in [0.4, 0.5) is 0 Å². The summed E-state index contributed by atoms with van der Waals surface area (Å²) in [6.07, 6.45) is 1.44. The minimum Gasteiger partial charge on any atom is -0.491 e. The predicted molar refractivity (Wildman–Crippen MR) is 89.4 cm³/mol. The fourth-order valence-corrected chi connectivity index (χ4v) is 3.32. The molecule has 1 aromatic rings. The van der Waals surface area contributed by atoms with E-state index in [0.29, 0.717) is 37.7 Å². The van der Waals surface area contributed by atoms with Crippen molar-refractivity contribution in [3.05, 3.63) is 29.3 Å². The maximum atomic E-state index is 13.2. The van der Waals surface area contributed by atoms with Crippen molar-refractivity contribution in [2.75, 3.05) is 19.8 Å². The van der Waals surface area contributed by atoms with Gasteiger partial charge in [-0.05, 0) is 31.9 Å². The maximum Gasteiger partial charge on any atom is 0.274 e. The Morgan fingerprint density at radius 3 is 2.72 bits per heavy atom. The van der Waals surface area contributed by atoms with E-state index in [2.05, 4.69) is 0 Å². The van der Waals surface area contributed by atoms with Gasteiger partial charge >= 0.3 is 0 Å². The third kappa shape index (κ3) is 3.48. The van der Waals surface area contributed by atoms with E-state index in [4.69, 9.17) is 14.7 Å². The van der Waals surface area contributed by atoms with E-state index >= 15 is 0 Å². The Hall–Kier alpha value is -2.12. The second-order valence-electron chi connectivity index (χ2n) is 7.03. The van der Waals surface area contributed by atoms with Crippen LogP contribution in [0.5, 0.6) is 5.75 Å². The van der Waals surface area contributed by atoms with Gasteiger partial charge in [0.25, 0.3) is 5.91 Å². The molecule has 1 aromatic carbocycles. The number of nitrogens with one attached hydrogen (secondary N) is 1. The monoisotopic (exact) mass is 348 g/mol. The van der Waals surface area contributed by atoms with Crippen molar-refractivity contribution in [1.29, 1.82) is 0 Å². The molecule has 2 aliphatic rings. The highest BCUT2D eigenvalue weighted by Crippen LogP contribution is 2.35. The smallest absolute Gasteiger partial charge is 0.274 e. The summed E-state index contributed by atoms with van der Waals surface area (Å²) in [7, 11) is 0. The Balaban J connectivity index is 1.85. The van der Waals surface area contributed by atoms with Crippen molar-refractivity contribution >= 4 is 11.8 Å². The zero-order valence-corrected chi connectivity index (χ0v) is 14.6. The third-order valence-corrected chi connectivity index (χ3v) is 5.16. The van der Waals surface area contributed by atoms with Gasteiger partial charge in [0.15, 0.2) is 0 Å². The van der Waals surface area contributed by atoms with Crippen LogP contribution in [0.15, 0.2) is 18.2 Å². The summed E-state index contributed by atoms with van der Waals surface area (Å²) in [6.45, 7) is 5.98. The molecule has 0 saturated carbocycles. The van der Waals surface area contributed by atoms with Crippen molar-refractivity contribution in [3.8, 4) is 5.75 Å². The molecule has 1 saturated heterocycles. The van der Waals surface area contributed by atoms with Crippen LogP contribution >= 0.6 is 0 Å². The van der Waals surface area contributed by atoms with Crippen molar-refractivity contribution in [1.82, 2.24) is 10.4 Å². The largest absolute Gasteiger partial charge is 0.491 e. The molecule has 0 aliphatic carbocycles. The first-order valence-electron chi connectivity index (χ1n) is 8.53. The molecule has 1 fully saturated rings. The van der Waals surface area contributed by atoms with Gasteiger partial charge in [0, 0.05) is 30.9 Å². The van der Waals surface area contributed by atoms with E-state index in [1.54, 1.807) is 23.7 Å². The van der Waals surface area contributed by atoms with E-state index in [1.807, 2.05) is 18.7 Å². The number of nitrogens with zero attached hydrogens (tertiary/aromatic N) is 1. The van der Waals surface area contributed by atoms with Crippen LogP contribution in [-0.4, -0.2) is 47.8 Å². The summed E-state index contributed by atoms with van der Waals surface area (Å²) in [5.41, 5.74) is 2.37. The molecule has 136 valence electrons. The Morgan fingerprint density at radius 1 is 1.32 bits per heavy atom. The number of carbonyl (C=O) groups excluding carboxylic acids is 2. The molecule has 0 spiro atoms. The van der Waals surface area contributed by atoms with Crippen molar-refractivity contribution in [2.24, 2.45) is 5.41 Å². The standard InChI is InChI=1S/C18H24N2O5/c1-12-11-25-15-9-13(16(21)19-23)3-4-14(15)10-20(12)17(22)18(2)5-7-24-8-6-18/h3-4,9,12,23H,5-8,10-11H2,1-2H3,(H,19,21)/t12-/m0/s1. The molecule has 25 heavy (non-hydrogen) atoms. The Labute approximate surface area is 146 Å². The lowest BCUT2D eigenvalue weighted by atomic mass is 9.80. The molecule has 0 bridgehead atoms. The fourth-order valence-electron chi connectivity index (χ4n) is 3.32. The maximum absolute atomic E-state index is 13.2. The zero-order valence-electron chi connectivity index (χ0n) is 14.6. The van der Waals surface area contributed by atoms with E-state index in [1.165, 1.54) is 0 Å². The summed E-state index contributed by atoms with van der Waals surface area (Å²) >= 11 is 0. The van der Waals surface area contributed by atoms with Crippen LogP contribution < -0.4 is 10.2 Å². The summed E-state index contributed by atoms with van der Waals surface area (Å²) in [6, 6.07) is 4.90. The number of amides is 2. The van der Waals surface area contributed by atoms with E-state index < -0.39 is 11.3 Å². The molecule has 0 aromatic heterocycles. The van der Waals surface area contributed by atoms with Gasteiger partial charge in [-0.15, -0.1) is 0 Å². The van der Waals surface area contributed by atoms with Gasteiger partial charge in [0.2, 0.25) is 5.91 Å². The first-order valence-corrected chi connectivity index (χ1v) is 8.53. The molecule has 7 nitrogen and oxygen atoms in total. The average molecular weight is 348 g/mol. The van der Waals surface area contributed by atoms with Crippen LogP contribution in [0, 0.1) is 5.41 Å². The topological polar surface area (TPSA) is 88.1 Å². The van der Waals surface area contributed by atoms with E-state index in [9.17, 15) is 9.59 Å². The molecule has 7 heteroatoms. The minimum atomic E-state index is -0.591. The lowest BCUT2D eigenvalue weighted by Crippen LogP contribution is -2.49. The molecule has 2 amide bonds. The van der Waals surface area contributed by atoms with Crippen LogP contribution in [-0.2, 0) is 16.1 Å². The molecule has 0 unspecified atom stereocenters. The quantitative estimate of drug-likeness (QED) is 0.628. The first kappa shape index (κ1) is 17.7. The van der Waals surface area contributed by atoms with Gasteiger partial charge in [0.05, 0.1) is 11.5 Å². The number of hydrogen-bond acceptors (Lipinski definition) is 5. The van der Waals surface area contributed by atoms with Crippen molar-refractivity contribution in [2.45, 2.75) is 39.3 Å². The predicted octanol–water partition coefficient (Wildman–Crippen LogP) is 1.73.